The summed E-state index contributed by atoms with van der Waals surface area (Å²) in [6.45, 7) is 14.4. The minimum Gasteiger partial charge on any atom is -0.493 e. The molecule has 3 fully saturated rings. The number of carbonyl (C=O) groups is 1. The third kappa shape index (κ3) is 7.90. The summed E-state index contributed by atoms with van der Waals surface area (Å²) < 4.78 is 20.3. The van der Waals surface area contributed by atoms with Crippen LogP contribution in [0.25, 0.3) is 0 Å². The maximum absolute atomic E-state index is 14.4. The molecule has 6 nitrogen and oxygen atoms in total. The van der Waals surface area contributed by atoms with E-state index in [9.17, 15) is 9.18 Å². The van der Waals surface area contributed by atoms with Gasteiger partial charge in [0.1, 0.15) is 11.6 Å². The molecule has 0 spiro atoms. The van der Waals surface area contributed by atoms with Gasteiger partial charge in [0.05, 0.1) is 13.0 Å². The topological polar surface area (TPSA) is 58.6 Å². The molecule has 38 heavy (non-hydrogen) atoms. The Morgan fingerprint density at radius 3 is 2.32 bits per heavy atom. The Bertz CT molecular complexity index is 988. The van der Waals surface area contributed by atoms with E-state index in [1.807, 2.05) is 40.1 Å². The van der Waals surface area contributed by atoms with Gasteiger partial charge in [0.15, 0.2) is 0 Å². The second-order valence-electron chi connectivity index (χ2n) is 10.0. The van der Waals surface area contributed by atoms with Crippen LogP contribution in [0, 0.1) is 23.6 Å². The lowest BCUT2D eigenvalue weighted by Gasteiger charge is -2.32. The molecular weight excluding hydrogens is 479 g/mol. The maximum atomic E-state index is 14.4. The zero-order valence-corrected chi connectivity index (χ0v) is 24.1. The predicted molar refractivity (Wildman–Crippen MR) is 152 cm³/mol. The molecule has 7 heteroatoms. The van der Waals surface area contributed by atoms with Crippen molar-refractivity contribution in [3.63, 3.8) is 0 Å². The van der Waals surface area contributed by atoms with Gasteiger partial charge in [-0.25, -0.2) is 14.4 Å². The van der Waals surface area contributed by atoms with Crippen molar-refractivity contribution in [3.05, 3.63) is 47.5 Å². The van der Waals surface area contributed by atoms with Gasteiger partial charge in [-0.1, -0.05) is 40.7 Å². The first-order chi connectivity index (χ1) is 18.6. The number of piperidine rings is 1. The number of anilines is 1. The smallest absolute Gasteiger partial charge is 0.227 e. The fourth-order valence-electron chi connectivity index (χ4n) is 5.33. The standard InChI is InChI=1S/C27H35FN4O2.2C2H6/c1-2-19-17-29-27(30-18-19)32-11-6-20(7-12-32)24-14-21(24)8-13-34-23-5-4-22(25(28)16-23)15-26(33)31-9-3-10-31;2*1-2/h4-5,16-18,20-21,24H,2-3,6-15H2,1H3;2*1-2H3/t21-,24?;;/m1../s1. The number of amides is 1. The molecule has 0 bridgehead atoms. The van der Waals surface area contributed by atoms with E-state index in [4.69, 9.17) is 4.74 Å². The lowest BCUT2D eigenvalue weighted by atomic mass is 9.90. The molecule has 2 aromatic rings. The molecule has 1 aromatic carbocycles. The summed E-state index contributed by atoms with van der Waals surface area (Å²) >= 11 is 0. The Labute approximate surface area is 229 Å². The van der Waals surface area contributed by atoms with Crippen LogP contribution in [0.15, 0.2) is 30.6 Å². The molecule has 2 saturated heterocycles. The van der Waals surface area contributed by atoms with E-state index in [1.54, 1.807) is 17.0 Å². The van der Waals surface area contributed by atoms with Crippen LogP contribution in [0.2, 0.25) is 0 Å². The van der Waals surface area contributed by atoms with E-state index in [1.165, 1.54) is 30.9 Å². The van der Waals surface area contributed by atoms with Crippen molar-refractivity contribution in [2.24, 2.45) is 17.8 Å². The van der Waals surface area contributed by atoms with E-state index in [-0.39, 0.29) is 18.1 Å². The number of rotatable bonds is 9. The van der Waals surface area contributed by atoms with E-state index < -0.39 is 0 Å². The molecule has 1 saturated carbocycles. The molecular formula is C31H47FN4O2. The first kappa shape index (κ1) is 29.9. The van der Waals surface area contributed by atoms with Crippen LogP contribution in [0.4, 0.5) is 10.3 Å². The number of benzene rings is 1. The van der Waals surface area contributed by atoms with Crippen molar-refractivity contribution in [3.8, 4) is 5.75 Å². The number of likely N-dealkylation sites (tertiary alicyclic amines) is 1. The summed E-state index contributed by atoms with van der Waals surface area (Å²) in [5, 5.41) is 0. The summed E-state index contributed by atoms with van der Waals surface area (Å²) in [6, 6.07) is 4.90. The van der Waals surface area contributed by atoms with Gasteiger partial charge in [0.2, 0.25) is 11.9 Å². The average Bonchev–Trinajstić information content (AvgIpc) is 3.71. The molecule has 3 aliphatic rings. The molecule has 2 aliphatic heterocycles. The first-order valence-electron chi connectivity index (χ1n) is 14.9. The van der Waals surface area contributed by atoms with Crippen molar-refractivity contribution in [1.82, 2.24) is 14.9 Å². The Kier molecular flexibility index (Phi) is 11.8. The zero-order chi connectivity index (χ0) is 27.5. The predicted octanol–water partition coefficient (Wildman–Crippen LogP) is 6.33. The molecule has 1 unspecified atom stereocenters. The second kappa shape index (κ2) is 15.0. The highest BCUT2D eigenvalue weighted by Gasteiger charge is 2.43. The number of ether oxygens (including phenoxy) is 1. The number of carbonyl (C=O) groups excluding carboxylic acids is 1. The van der Waals surface area contributed by atoms with E-state index in [0.29, 0.717) is 17.9 Å². The number of halogens is 1. The summed E-state index contributed by atoms with van der Waals surface area (Å²) in [6.07, 6.45) is 10.7. The minimum atomic E-state index is -0.351. The highest BCUT2D eigenvalue weighted by Crippen LogP contribution is 2.49. The van der Waals surface area contributed by atoms with Crippen LogP contribution in [0.5, 0.6) is 5.75 Å². The normalized spacial score (nSPS) is 20.4. The molecule has 1 aliphatic carbocycles. The van der Waals surface area contributed by atoms with E-state index >= 15 is 0 Å². The Morgan fingerprint density at radius 2 is 1.74 bits per heavy atom. The summed E-state index contributed by atoms with van der Waals surface area (Å²) in [7, 11) is 0. The number of aryl methyl sites for hydroxylation is 1. The molecule has 210 valence electrons. The molecule has 1 amide bonds. The number of hydrogen-bond acceptors (Lipinski definition) is 5. The average molecular weight is 527 g/mol. The van der Waals surface area contributed by atoms with E-state index in [0.717, 1.165) is 69.1 Å². The van der Waals surface area contributed by atoms with E-state index in [2.05, 4.69) is 21.8 Å². The highest BCUT2D eigenvalue weighted by molar-refractivity contribution is 5.79. The van der Waals surface area contributed by atoms with Gasteiger partial charge in [-0.3, -0.25) is 4.79 Å². The number of hydrogen-bond donors (Lipinski definition) is 0. The molecule has 2 atom stereocenters. The van der Waals surface area contributed by atoms with Gasteiger partial charge >= 0.3 is 0 Å². The Morgan fingerprint density at radius 1 is 1.05 bits per heavy atom. The lowest BCUT2D eigenvalue weighted by molar-refractivity contribution is -0.133. The van der Waals surface area contributed by atoms with Crippen LogP contribution in [-0.4, -0.2) is 53.6 Å². The van der Waals surface area contributed by atoms with Crippen molar-refractivity contribution >= 4 is 11.9 Å². The van der Waals surface area contributed by atoms with Crippen LogP contribution in [-0.2, 0) is 17.6 Å². The molecule has 0 radical (unpaired) electrons. The SMILES string of the molecule is CC.CC.CCc1cnc(N2CCC(C3C[C@H]3CCOc3ccc(CC(=O)N4CCC4)c(F)c3)CC2)nc1. The van der Waals surface area contributed by atoms with Gasteiger partial charge in [-0.15, -0.1) is 0 Å². The lowest BCUT2D eigenvalue weighted by Crippen LogP contribution is -2.42. The van der Waals surface area contributed by atoms with Crippen LogP contribution in [0.1, 0.15) is 77.8 Å². The minimum absolute atomic E-state index is 0.00588. The molecule has 5 rings (SSSR count). The molecule has 3 heterocycles. The second-order valence-corrected chi connectivity index (χ2v) is 10.0. The number of aromatic nitrogens is 2. The van der Waals surface area contributed by atoms with Crippen molar-refractivity contribution in [1.29, 1.82) is 0 Å². The fourth-order valence-corrected chi connectivity index (χ4v) is 5.33. The molecule has 1 aromatic heterocycles. The van der Waals surface area contributed by atoms with Crippen LogP contribution >= 0.6 is 0 Å². The maximum Gasteiger partial charge on any atom is 0.227 e. The van der Waals surface area contributed by atoms with Gasteiger partial charge in [0, 0.05) is 44.6 Å². The Balaban J connectivity index is 0.000000956. The van der Waals surface area contributed by atoms with Crippen LogP contribution < -0.4 is 9.64 Å². The first-order valence-corrected chi connectivity index (χ1v) is 14.9. The van der Waals surface area contributed by atoms with Crippen molar-refractivity contribution < 1.29 is 13.9 Å². The zero-order valence-electron chi connectivity index (χ0n) is 24.1. The molecule has 0 N–H and O–H groups in total. The van der Waals surface area contributed by atoms with Crippen molar-refractivity contribution in [2.45, 2.75) is 79.6 Å². The number of nitrogens with zero attached hydrogens (tertiary/aromatic N) is 4. The summed E-state index contributed by atoms with van der Waals surface area (Å²) in [4.78, 5) is 25.2. The van der Waals surface area contributed by atoms with Gasteiger partial charge in [-0.2, -0.15) is 0 Å². The fraction of sp³-hybridized carbons (Fsp3) is 0.645. The Hall–Kier alpha value is -2.70. The highest BCUT2D eigenvalue weighted by atomic mass is 19.1. The van der Waals surface area contributed by atoms with Crippen LogP contribution in [0.3, 0.4) is 0 Å². The largest absolute Gasteiger partial charge is 0.493 e. The third-order valence-corrected chi connectivity index (χ3v) is 7.84. The quantitative estimate of drug-likeness (QED) is 0.382. The van der Waals surface area contributed by atoms with Gasteiger partial charge < -0.3 is 14.5 Å². The third-order valence-electron chi connectivity index (χ3n) is 7.84. The summed E-state index contributed by atoms with van der Waals surface area (Å²) in [5.74, 6) is 3.35. The summed E-state index contributed by atoms with van der Waals surface area (Å²) in [5.41, 5.74) is 1.63. The van der Waals surface area contributed by atoms with Gasteiger partial charge in [-0.05, 0) is 73.5 Å². The van der Waals surface area contributed by atoms with Gasteiger partial charge in [0.25, 0.3) is 0 Å². The monoisotopic (exact) mass is 526 g/mol. The van der Waals surface area contributed by atoms with Crippen molar-refractivity contribution in [2.75, 3.05) is 37.7 Å².